The molecule has 0 aliphatic carbocycles. The van der Waals surface area contributed by atoms with Crippen LogP contribution in [0, 0.1) is 0 Å². The zero-order valence-electron chi connectivity index (χ0n) is 35.9. The van der Waals surface area contributed by atoms with Crippen molar-refractivity contribution in [3.63, 3.8) is 0 Å². The number of hydrogen-bond acceptors (Lipinski definition) is 2. The summed E-state index contributed by atoms with van der Waals surface area (Å²) in [5.74, 6) is 3.45. The van der Waals surface area contributed by atoms with Gasteiger partial charge < -0.3 is 9.47 Å². The fourth-order valence-corrected chi connectivity index (χ4v) is 10.6. The molecule has 0 saturated heterocycles. The molecular formula is C60H45BO2. The van der Waals surface area contributed by atoms with Crippen LogP contribution in [0.3, 0.4) is 0 Å². The highest BCUT2D eigenvalue weighted by Gasteiger charge is 2.42. The molecule has 0 fully saturated rings. The minimum Gasteiger partial charge on any atom is -0.458 e. The van der Waals surface area contributed by atoms with Gasteiger partial charge in [0, 0.05) is 16.3 Å². The van der Waals surface area contributed by atoms with Crippen LogP contribution in [0.2, 0.25) is 0 Å². The maximum Gasteiger partial charge on any atom is 0.260 e. The standard InChI is InChI=1S/C60H45BO2/c1-59(2,42-19-7-5-8-20-42)44-29-31-50-52(36-44)62-54-34-41(35-55-58(54)61(50)51-32-30-45(37-53(51)63-55)60(3,4)43-21-9-6-10-22-43)57-48-25-15-13-23-46(48)56(47-24-14-16-26-49(47)57)40-28-27-38-17-11-12-18-39(38)33-40/h5-37H,1-4H3. The van der Waals surface area contributed by atoms with E-state index in [2.05, 4.69) is 228 Å². The van der Waals surface area contributed by atoms with Crippen molar-refractivity contribution in [3.05, 3.63) is 222 Å². The Kier molecular flexibility index (Phi) is 8.37. The van der Waals surface area contributed by atoms with Crippen LogP contribution in [0.5, 0.6) is 23.0 Å². The topological polar surface area (TPSA) is 18.5 Å². The third-order valence-corrected chi connectivity index (χ3v) is 14.2. The fourth-order valence-electron chi connectivity index (χ4n) is 10.6. The molecule has 0 spiro atoms. The Morgan fingerprint density at radius 1 is 0.333 bits per heavy atom. The van der Waals surface area contributed by atoms with Crippen molar-refractivity contribution in [2.24, 2.45) is 0 Å². The summed E-state index contributed by atoms with van der Waals surface area (Å²) < 4.78 is 14.4. The normalized spacial score (nSPS) is 13.0. The van der Waals surface area contributed by atoms with Crippen LogP contribution in [0.4, 0.5) is 0 Å². The number of hydrogen-bond donors (Lipinski definition) is 0. The van der Waals surface area contributed by atoms with E-state index in [-0.39, 0.29) is 17.5 Å². The van der Waals surface area contributed by atoms with Gasteiger partial charge in [-0.25, -0.2) is 0 Å². The van der Waals surface area contributed by atoms with Crippen molar-refractivity contribution >= 4 is 55.4 Å². The van der Waals surface area contributed by atoms with Gasteiger partial charge in [-0.2, -0.15) is 0 Å². The molecule has 300 valence electrons. The molecule has 2 aliphatic rings. The third-order valence-electron chi connectivity index (χ3n) is 14.2. The van der Waals surface area contributed by atoms with Crippen LogP contribution in [-0.4, -0.2) is 6.71 Å². The molecule has 0 radical (unpaired) electrons. The first-order valence-electron chi connectivity index (χ1n) is 22.1. The first kappa shape index (κ1) is 37.4. The summed E-state index contributed by atoms with van der Waals surface area (Å²) in [6, 6.07) is 73.1. The zero-order valence-corrected chi connectivity index (χ0v) is 35.9. The average Bonchev–Trinajstić information content (AvgIpc) is 3.33. The van der Waals surface area contributed by atoms with Crippen molar-refractivity contribution in [1.82, 2.24) is 0 Å². The van der Waals surface area contributed by atoms with Gasteiger partial charge in [0.1, 0.15) is 23.0 Å². The third kappa shape index (κ3) is 5.87. The fraction of sp³-hybridized carbons (Fsp3) is 0.100. The second-order valence-corrected chi connectivity index (χ2v) is 18.4. The van der Waals surface area contributed by atoms with E-state index in [0.29, 0.717) is 0 Å². The molecule has 0 bridgehead atoms. The highest BCUT2D eigenvalue weighted by molar-refractivity contribution is 6.98. The Labute approximate surface area is 369 Å². The van der Waals surface area contributed by atoms with E-state index < -0.39 is 0 Å². The minimum absolute atomic E-state index is 0.0666. The first-order valence-corrected chi connectivity index (χ1v) is 22.1. The Bertz CT molecular complexity index is 3270. The van der Waals surface area contributed by atoms with Crippen molar-refractivity contribution in [3.8, 4) is 45.3 Å². The maximum atomic E-state index is 7.19. The lowest BCUT2D eigenvalue weighted by Crippen LogP contribution is -2.57. The summed E-state index contributed by atoms with van der Waals surface area (Å²) in [6.07, 6.45) is 0. The summed E-state index contributed by atoms with van der Waals surface area (Å²) in [6.45, 7) is 9.13. The number of benzene rings is 10. The predicted octanol–water partition coefficient (Wildman–Crippen LogP) is 13.9. The zero-order chi connectivity index (χ0) is 42.5. The monoisotopic (exact) mass is 808 g/mol. The van der Waals surface area contributed by atoms with E-state index in [4.69, 9.17) is 9.47 Å². The lowest BCUT2D eigenvalue weighted by atomic mass is 9.34. The van der Waals surface area contributed by atoms with E-state index in [0.717, 1.165) is 44.9 Å². The second-order valence-electron chi connectivity index (χ2n) is 18.4. The number of fused-ring (bicyclic) bond motifs is 7. The summed E-state index contributed by atoms with van der Waals surface area (Å²) in [5.41, 5.74) is 12.5. The Morgan fingerprint density at radius 3 is 1.25 bits per heavy atom. The van der Waals surface area contributed by atoms with E-state index in [9.17, 15) is 0 Å². The van der Waals surface area contributed by atoms with Crippen molar-refractivity contribution in [1.29, 1.82) is 0 Å². The average molecular weight is 809 g/mol. The van der Waals surface area contributed by atoms with Gasteiger partial charge in [0.15, 0.2) is 0 Å². The molecule has 2 aliphatic heterocycles. The number of rotatable bonds is 6. The molecule has 3 heteroatoms. The van der Waals surface area contributed by atoms with E-state index >= 15 is 0 Å². The van der Waals surface area contributed by atoms with Crippen LogP contribution >= 0.6 is 0 Å². The highest BCUT2D eigenvalue weighted by Crippen LogP contribution is 2.47. The van der Waals surface area contributed by atoms with Crippen molar-refractivity contribution in [2.45, 2.75) is 38.5 Å². The summed E-state index contributed by atoms with van der Waals surface area (Å²) in [5, 5.41) is 7.27. The maximum absolute atomic E-state index is 7.19. The van der Waals surface area contributed by atoms with E-state index in [1.54, 1.807) is 0 Å². The smallest absolute Gasteiger partial charge is 0.260 e. The first-order chi connectivity index (χ1) is 30.7. The molecule has 2 heterocycles. The van der Waals surface area contributed by atoms with Crippen LogP contribution in [0.25, 0.3) is 54.6 Å². The molecule has 10 aromatic rings. The van der Waals surface area contributed by atoms with E-state index in [1.165, 1.54) is 71.3 Å². The van der Waals surface area contributed by atoms with Crippen LogP contribution < -0.4 is 25.9 Å². The minimum atomic E-state index is -0.233. The molecule has 0 aromatic heterocycles. The second kappa shape index (κ2) is 14.1. The molecule has 10 aromatic carbocycles. The Morgan fingerprint density at radius 2 is 0.762 bits per heavy atom. The quantitative estimate of drug-likeness (QED) is 0.123. The lowest BCUT2D eigenvalue weighted by molar-refractivity contribution is 0.462. The molecule has 0 unspecified atom stereocenters. The van der Waals surface area contributed by atoms with Crippen LogP contribution in [0.1, 0.15) is 49.9 Å². The molecule has 12 rings (SSSR count). The molecule has 63 heavy (non-hydrogen) atoms. The Hall–Kier alpha value is -7.36. The van der Waals surface area contributed by atoms with Gasteiger partial charge in [0.2, 0.25) is 0 Å². The Balaban J connectivity index is 1.08. The van der Waals surface area contributed by atoms with Gasteiger partial charge in [-0.3, -0.25) is 0 Å². The van der Waals surface area contributed by atoms with Gasteiger partial charge in [0.25, 0.3) is 6.71 Å². The van der Waals surface area contributed by atoms with Gasteiger partial charge in [-0.1, -0.05) is 198 Å². The van der Waals surface area contributed by atoms with Gasteiger partial charge >= 0.3 is 0 Å². The van der Waals surface area contributed by atoms with E-state index in [1.807, 2.05) is 0 Å². The largest absolute Gasteiger partial charge is 0.458 e. The summed E-state index contributed by atoms with van der Waals surface area (Å²) in [4.78, 5) is 0. The van der Waals surface area contributed by atoms with Crippen molar-refractivity contribution < 1.29 is 9.47 Å². The molecule has 0 N–H and O–H groups in total. The van der Waals surface area contributed by atoms with Crippen LogP contribution in [-0.2, 0) is 10.8 Å². The molecule has 2 nitrogen and oxygen atoms in total. The van der Waals surface area contributed by atoms with Gasteiger partial charge in [-0.15, -0.1) is 0 Å². The van der Waals surface area contributed by atoms with Crippen molar-refractivity contribution in [2.75, 3.05) is 0 Å². The molecular weight excluding hydrogens is 763 g/mol. The summed E-state index contributed by atoms with van der Waals surface area (Å²) in [7, 11) is 0. The van der Waals surface area contributed by atoms with Gasteiger partial charge in [-0.05, 0) is 118 Å². The highest BCUT2D eigenvalue weighted by atomic mass is 16.5. The SMILES string of the molecule is CC(C)(c1ccccc1)c1ccc2c(c1)Oc1cc(-c3c4ccccc4c(-c4ccc5ccccc5c4)c4ccccc34)cc3c1B2c1ccc(C(C)(C)c2ccccc2)cc1O3. The summed E-state index contributed by atoms with van der Waals surface area (Å²) >= 11 is 0. The molecule has 0 amide bonds. The molecule has 0 saturated carbocycles. The van der Waals surface area contributed by atoms with Crippen LogP contribution in [0.15, 0.2) is 200 Å². The lowest BCUT2D eigenvalue weighted by Gasteiger charge is -2.36. The predicted molar refractivity (Wildman–Crippen MR) is 265 cm³/mol. The van der Waals surface area contributed by atoms with Gasteiger partial charge in [0.05, 0.1) is 0 Å². The number of ether oxygens (including phenoxy) is 2. The molecule has 0 atom stereocenters.